The summed E-state index contributed by atoms with van der Waals surface area (Å²) in [6.45, 7) is 2.95. The number of rotatable bonds is 8. The van der Waals surface area contributed by atoms with Crippen molar-refractivity contribution < 1.29 is 4.74 Å². The topological polar surface area (TPSA) is 26.2 Å². The van der Waals surface area contributed by atoms with Crippen molar-refractivity contribution in [1.82, 2.24) is 9.88 Å². The first-order valence-corrected chi connectivity index (χ1v) is 7.67. The summed E-state index contributed by atoms with van der Waals surface area (Å²) in [5.74, 6) is 0. The van der Waals surface area contributed by atoms with Gasteiger partial charge in [-0.1, -0.05) is 18.2 Å². The number of fused-ring (bicyclic) bond motifs is 1. The van der Waals surface area contributed by atoms with Crippen LogP contribution in [0.3, 0.4) is 0 Å². The van der Waals surface area contributed by atoms with Gasteiger partial charge in [0.05, 0.1) is 0 Å². The van der Waals surface area contributed by atoms with E-state index in [1.165, 1.54) is 29.3 Å². The lowest BCUT2D eigenvalue weighted by Gasteiger charge is -2.04. The summed E-state index contributed by atoms with van der Waals surface area (Å²) in [5, 5.41) is 5.01. The third kappa shape index (κ3) is 3.22. The zero-order valence-corrected chi connectivity index (χ0v) is 12.3. The van der Waals surface area contributed by atoms with Gasteiger partial charge in [0.15, 0.2) is 0 Å². The molecule has 0 radical (unpaired) electrons. The van der Waals surface area contributed by atoms with Crippen LogP contribution in [0.4, 0.5) is 0 Å². The van der Waals surface area contributed by atoms with Crippen LogP contribution in [-0.2, 0) is 17.7 Å². The first-order valence-electron chi connectivity index (χ1n) is 7.67. The molecule has 108 valence electrons. The summed E-state index contributed by atoms with van der Waals surface area (Å²) in [6, 6.07) is 9.53. The van der Waals surface area contributed by atoms with Crippen LogP contribution < -0.4 is 5.32 Å². The molecule has 0 atom stereocenters. The monoisotopic (exact) mass is 272 g/mol. The Balaban J connectivity index is 1.72. The number of aryl methyl sites for hydroxylation is 1. The normalized spacial score (nSPS) is 15.1. The van der Waals surface area contributed by atoms with Gasteiger partial charge >= 0.3 is 0 Å². The lowest BCUT2D eigenvalue weighted by Crippen LogP contribution is -2.19. The smallest absolute Gasteiger partial charge is 0.0483 e. The van der Waals surface area contributed by atoms with Crippen molar-refractivity contribution in [3.05, 3.63) is 36.0 Å². The molecule has 1 heterocycles. The van der Waals surface area contributed by atoms with Crippen molar-refractivity contribution in [2.45, 2.75) is 38.3 Å². The molecule has 0 aliphatic heterocycles. The molecule has 1 N–H and O–H groups in total. The standard InChI is InChI=1S/C17H24N2O/c1-20-12-4-11-19-13-14(9-10-18-15-7-8-15)16-5-2-3-6-17(16)19/h2-3,5-6,13,15,18H,4,7-12H2,1H3. The van der Waals surface area contributed by atoms with Crippen LogP contribution in [0.2, 0.25) is 0 Å². The SMILES string of the molecule is COCCCn1cc(CCNC2CC2)c2ccccc21. The van der Waals surface area contributed by atoms with Gasteiger partial charge in [0.2, 0.25) is 0 Å². The Hall–Kier alpha value is -1.32. The number of nitrogens with one attached hydrogen (secondary N) is 1. The second-order valence-corrected chi connectivity index (χ2v) is 5.69. The predicted molar refractivity (Wildman–Crippen MR) is 83.2 cm³/mol. The highest BCUT2D eigenvalue weighted by atomic mass is 16.5. The number of hydrogen-bond donors (Lipinski definition) is 1. The van der Waals surface area contributed by atoms with E-state index in [9.17, 15) is 0 Å². The molecule has 3 nitrogen and oxygen atoms in total. The average Bonchev–Trinajstić information content (AvgIpc) is 3.23. The zero-order valence-electron chi connectivity index (χ0n) is 12.3. The first-order chi connectivity index (χ1) is 9.88. The molecule has 3 heteroatoms. The van der Waals surface area contributed by atoms with Gasteiger partial charge in [0, 0.05) is 43.4 Å². The fraction of sp³-hybridized carbons (Fsp3) is 0.529. The van der Waals surface area contributed by atoms with Gasteiger partial charge in [-0.05, 0) is 43.9 Å². The van der Waals surface area contributed by atoms with Crippen LogP contribution in [0.15, 0.2) is 30.5 Å². The number of para-hydroxylation sites is 1. The molecule has 3 rings (SSSR count). The van der Waals surface area contributed by atoms with Gasteiger partial charge in [0.1, 0.15) is 0 Å². The predicted octanol–water partition coefficient (Wildman–Crippen LogP) is 2.97. The molecule has 1 aliphatic carbocycles. The highest BCUT2D eigenvalue weighted by Gasteiger charge is 2.19. The van der Waals surface area contributed by atoms with E-state index in [2.05, 4.69) is 40.3 Å². The van der Waals surface area contributed by atoms with E-state index in [0.717, 1.165) is 38.6 Å². The van der Waals surface area contributed by atoms with Gasteiger partial charge in [0.25, 0.3) is 0 Å². The summed E-state index contributed by atoms with van der Waals surface area (Å²) in [6.07, 6.45) is 7.23. The lowest BCUT2D eigenvalue weighted by molar-refractivity contribution is 0.190. The summed E-state index contributed by atoms with van der Waals surface area (Å²) in [4.78, 5) is 0. The zero-order chi connectivity index (χ0) is 13.8. The molecule has 20 heavy (non-hydrogen) atoms. The van der Waals surface area contributed by atoms with E-state index in [0.29, 0.717) is 0 Å². The molecule has 2 aromatic rings. The number of nitrogens with zero attached hydrogens (tertiary/aromatic N) is 1. The molecular formula is C17H24N2O. The maximum Gasteiger partial charge on any atom is 0.0483 e. The minimum atomic E-state index is 0.796. The van der Waals surface area contributed by atoms with Gasteiger partial charge in [-0.25, -0.2) is 0 Å². The third-order valence-corrected chi connectivity index (χ3v) is 4.02. The fourth-order valence-electron chi connectivity index (χ4n) is 2.78. The maximum absolute atomic E-state index is 5.16. The van der Waals surface area contributed by atoms with Gasteiger partial charge < -0.3 is 14.6 Å². The Kier molecular flexibility index (Phi) is 4.38. The van der Waals surface area contributed by atoms with E-state index >= 15 is 0 Å². The van der Waals surface area contributed by atoms with Crippen molar-refractivity contribution in [3.8, 4) is 0 Å². The Labute approximate surface area is 120 Å². The quantitative estimate of drug-likeness (QED) is 0.748. The van der Waals surface area contributed by atoms with Crippen LogP contribution >= 0.6 is 0 Å². The molecule has 1 aromatic carbocycles. The number of ether oxygens (including phenoxy) is 1. The van der Waals surface area contributed by atoms with E-state index in [4.69, 9.17) is 4.74 Å². The van der Waals surface area contributed by atoms with Crippen LogP contribution in [0.5, 0.6) is 0 Å². The molecule has 1 saturated carbocycles. The maximum atomic E-state index is 5.16. The molecule has 0 amide bonds. The third-order valence-electron chi connectivity index (χ3n) is 4.02. The highest BCUT2D eigenvalue weighted by molar-refractivity contribution is 5.84. The summed E-state index contributed by atoms with van der Waals surface area (Å²) in [7, 11) is 1.77. The van der Waals surface area contributed by atoms with Crippen molar-refractivity contribution in [1.29, 1.82) is 0 Å². The molecule has 0 bridgehead atoms. The van der Waals surface area contributed by atoms with Gasteiger partial charge in [-0.15, -0.1) is 0 Å². The molecule has 1 fully saturated rings. The number of aromatic nitrogens is 1. The summed E-state index contributed by atoms with van der Waals surface area (Å²) < 4.78 is 7.53. The van der Waals surface area contributed by atoms with Gasteiger partial charge in [-0.2, -0.15) is 0 Å². The molecular weight excluding hydrogens is 248 g/mol. The Morgan fingerprint density at radius 1 is 1.30 bits per heavy atom. The lowest BCUT2D eigenvalue weighted by atomic mass is 10.1. The molecule has 1 aromatic heterocycles. The van der Waals surface area contributed by atoms with Crippen LogP contribution in [0.1, 0.15) is 24.8 Å². The summed E-state index contributed by atoms with van der Waals surface area (Å²) in [5.41, 5.74) is 2.82. The van der Waals surface area contributed by atoms with Crippen molar-refractivity contribution in [2.75, 3.05) is 20.3 Å². The van der Waals surface area contributed by atoms with E-state index in [1.807, 2.05) is 0 Å². The largest absolute Gasteiger partial charge is 0.385 e. The minimum Gasteiger partial charge on any atom is -0.385 e. The molecule has 1 aliphatic rings. The number of hydrogen-bond acceptors (Lipinski definition) is 2. The molecule has 0 unspecified atom stereocenters. The van der Waals surface area contributed by atoms with Crippen LogP contribution in [0.25, 0.3) is 10.9 Å². The van der Waals surface area contributed by atoms with Crippen molar-refractivity contribution in [3.63, 3.8) is 0 Å². The molecule has 0 spiro atoms. The number of methoxy groups -OCH3 is 1. The second kappa shape index (κ2) is 6.42. The average molecular weight is 272 g/mol. The van der Waals surface area contributed by atoms with Crippen LogP contribution in [0, 0.1) is 0 Å². The van der Waals surface area contributed by atoms with E-state index in [-0.39, 0.29) is 0 Å². The van der Waals surface area contributed by atoms with E-state index in [1.54, 1.807) is 7.11 Å². The highest BCUT2D eigenvalue weighted by Crippen LogP contribution is 2.23. The summed E-state index contributed by atoms with van der Waals surface area (Å²) >= 11 is 0. The second-order valence-electron chi connectivity index (χ2n) is 5.69. The first kappa shape index (κ1) is 13.7. The fourth-order valence-corrected chi connectivity index (χ4v) is 2.78. The Morgan fingerprint density at radius 3 is 2.95 bits per heavy atom. The van der Waals surface area contributed by atoms with Crippen LogP contribution in [-0.4, -0.2) is 30.9 Å². The Morgan fingerprint density at radius 2 is 2.15 bits per heavy atom. The van der Waals surface area contributed by atoms with E-state index < -0.39 is 0 Å². The van der Waals surface area contributed by atoms with Gasteiger partial charge in [-0.3, -0.25) is 0 Å². The minimum absolute atomic E-state index is 0.796. The van der Waals surface area contributed by atoms with Crippen molar-refractivity contribution >= 4 is 10.9 Å². The Bertz CT molecular complexity index is 557. The molecule has 0 saturated heterocycles. The van der Waals surface area contributed by atoms with Crippen molar-refractivity contribution in [2.24, 2.45) is 0 Å². The number of benzene rings is 1.